The standard InChI is InChI=1S/C46H82N4O8/c1-39(2)21-29(43(9,10)47-39)25-57-37(53)33(19-35(51)55-27-31-23-41(5,6)49(17)45(31,13)14)34(38(54)58-26-30-22-40(3,4)48-44(30,11)12)20-36(52)56-28-32-24-42(7,8)50(18)46(32,15)16/h29-34,47-48H,19-28H2,1-18H3. The fourth-order valence-electron chi connectivity index (χ4n) is 11.2. The van der Waals surface area contributed by atoms with E-state index < -0.39 is 48.6 Å². The normalized spacial score (nSPS) is 31.0. The maximum absolute atomic E-state index is 14.4. The van der Waals surface area contributed by atoms with Gasteiger partial charge in [0.2, 0.25) is 0 Å². The summed E-state index contributed by atoms with van der Waals surface area (Å²) >= 11 is 0. The van der Waals surface area contributed by atoms with E-state index in [1.807, 2.05) is 0 Å². The molecule has 4 aliphatic rings. The predicted octanol–water partition coefficient (Wildman–Crippen LogP) is 6.52. The highest BCUT2D eigenvalue weighted by Crippen LogP contribution is 2.45. The van der Waals surface area contributed by atoms with Gasteiger partial charge in [-0.15, -0.1) is 0 Å². The van der Waals surface area contributed by atoms with E-state index in [9.17, 15) is 19.2 Å². The molecule has 0 aromatic carbocycles. The van der Waals surface area contributed by atoms with E-state index in [4.69, 9.17) is 18.9 Å². The Bertz CT molecular complexity index is 1420. The summed E-state index contributed by atoms with van der Waals surface area (Å²) in [5.41, 5.74) is -1.59. The molecule has 4 rings (SSSR count). The second kappa shape index (κ2) is 16.5. The first kappa shape index (κ1) is 48.4. The number of nitrogens with one attached hydrogen (secondary N) is 2. The van der Waals surface area contributed by atoms with Crippen molar-refractivity contribution in [2.24, 2.45) is 35.5 Å². The molecule has 4 aliphatic heterocycles. The lowest BCUT2D eigenvalue weighted by Crippen LogP contribution is -2.47. The van der Waals surface area contributed by atoms with Crippen LogP contribution in [0, 0.1) is 35.5 Å². The van der Waals surface area contributed by atoms with Gasteiger partial charge in [-0.1, -0.05) is 0 Å². The maximum atomic E-state index is 14.4. The van der Waals surface area contributed by atoms with Crippen LogP contribution in [-0.2, 0) is 38.1 Å². The van der Waals surface area contributed by atoms with Crippen molar-refractivity contribution in [1.82, 2.24) is 20.4 Å². The first-order chi connectivity index (χ1) is 26.1. The van der Waals surface area contributed by atoms with E-state index >= 15 is 0 Å². The van der Waals surface area contributed by atoms with Gasteiger partial charge in [-0.3, -0.25) is 29.0 Å². The molecule has 0 aliphatic carbocycles. The van der Waals surface area contributed by atoms with Gasteiger partial charge in [-0.2, -0.15) is 0 Å². The number of hydrogen-bond donors (Lipinski definition) is 2. The number of hydrogen-bond acceptors (Lipinski definition) is 12. The van der Waals surface area contributed by atoms with E-state index in [2.05, 4.69) is 145 Å². The van der Waals surface area contributed by atoms with Crippen LogP contribution in [0.4, 0.5) is 0 Å². The molecule has 12 nitrogen and oxygen atoms in total. The highest BCUT2D eigenvalue weighted by molar-refractivity contribution is 5.88. The minimum atomic E-state index is -1.33. The lowest BCUT2D eigenvalue weighted by Gasteiger charge is -2.38. The summed E-state index contributed by atoms with van der Waals surface area (Å²) in [6, 6.07) is 0. The van der Waals surface area contributed by atoms with Gasteiger partial charge in [0.15, 0.2) is 0 Å². The molecule has 6 atom stereocenters. The van der Waals surface area contributed by atoms with Gasteiger partial charge < -0.3 is 29.6 Å². The monoisotopic (exact) mass is 819 g/mol. The van der Waals surface area contributed by atoms with Gasteiger partial charge in [-0.25, -0.2) is 0 Å². The minimum absolute atomic E-state index is 0.0167. The molecular formula is C46H82N4O8. The summed E-state index contributed by atoms with van der Waals surface area (Å²) in [6.45, 7) is 34.6. The summed E-state index contributed by atoms with van der Waals surface area (Å²) in [5.74, 6) is -5.28. The summed E-state index contributed by atoms with van der Waals surface area (Å²) in [6.07, 6.45) is 2.31. The highest BCUT2D eigenvalue weighted by Gasteiger charge is 2.52. The van der Waals surface area contributed by atoms with Crippen LogP contribution in [0.15, 0.2) is 0 Å². The summed E-state index contributed by atoms with van der Waals surface area (Å²) in [5, 5.41) is 7.25. The summed E-state index contributed by atoms with van der Waals surface area (Å²) in [4.78, 5) is 61.2. The van der Waals surface area contributed by atoms with Gasteiger partial charge in [-0.05, 0) is 151 Å². The van der Waals surface area contributed by atoms with Crippen molar-refractivity contribution in [3.63, 3.8) is 0 Å². The van der Waals surface area contributed by atoms with Crippen molar-refractivity contribution in [2.45, 2.75) is 194 Å². The van der Waals surface area contributed by atoms with Crippen LogP contribution in [0.2, 0.25) is 0 Å². The molecule has 4 saturated heterocycles. The first-order valence-corrected chi connectivity index (χ1v) is 21.8. The fraction of sp³-hybridized carbons (Fsp3) is 0.913. The van der Waals surface area contributed by atoms with Crippen LogP contribution in [0.25, 0.3) is 0 Å². The number of esters is 4. The third-order valence-corrected chi connectivity index (χ3v) is 15.5. The van der Waals surface area contributed by atoms with Crippen molar-refractivity contribution < 1.29 is 38.1 Å². The minimum Gasteiger partial charge on any atom is -0.465 e. The second-order valence-electron chi connectivity index (χ2n) is 23.4. The average molecular weight is 819 g/mol. The van der Waals surface area contributed by atoms with Crippen molar-refractivity contribution in [3.05, 3.63) is 0 Å². The molecule has 2 N–H and O–H groups in total. The van der Waals surface area contributed by atoms with Crippen molar-refractivity contribution >= 4 is 23.9 Å². The molecule has 0 amide bonds. The van der Waals surface area contributed by atoms with Crippen LogP contribution in [-0.4, -0.2) is 119 Å². The van der Waals surface area contributed by atoms with Crippen LogP contribution < -0.4 is 10.6 Å². The Labute approximate surface area is 351 Å². The van der Waals surface area contributed by atoms with Crippen molar-refractivity contribution in [1.29, 1.82) is 0 Å². The average Bonchev–Trinajstić information content (AvgIpc) is 3.56. The van der Waals surface area contributed by atoms with Crippen LogP contribution >= 0.6 is 0 Å². The molecule has 0 radical (unpaired) electrons. The Morgan fingerprint density at radius 3 is 1.02 bits per heavy atom. The van der Waals surface area contributed by atoms with Gasteiger partial charge in [0.25, 0.3) is 0 Å². The molecule has 6 unspecified atom stereocenters. The van der Waals surface area contributed by atoms with Crippen LogP contribution in [0.3, 0.4) is 0 Å². The van der Waals surface area contributed by atoms with E-state index in [0.29, 0.717) is 0 Å². The first-order valence-electron chi connectivity index (χ1n) is 21.8. The number of ether oxygens (including phenoxy) is 4. The predicted molar refractivity (Wildman–Crippen MR) is 227 cm³/mol. The smallest absolute Gasteiger partial charge is 0.310 e. The number of rotatable bonds is 15. The molecule has 58 heavy (non-hydrogen) atoms. The molecule has 0 spiro atoms. The Hall–Kier alpha value is -2.28. The Kier molecular flexibility index (Phi) is 13.8. The zero-order chi connectivity index (χ0) is 44.2. The van der Waals surface area contributed by atoms with Crippen molar-refractivity contribution in [2.75, 3.05) is 40.5 Å². The fourth-order valence-corrected chi connectivity index (χ4v) is 11.2. The van der Waals surface area contributed by atoms with Gasteiger partial charge in [0, 0.05) is 68.0 Å². The van der Waals surface area contributed by atoms with E-state index in [1.165, 1.54) is 0 Å². The van der Waals surface area contributed by atoms with Gasteiger partial charge in [0.05, 0.1) is 51.1 Å². The lowest BCUT2D eigenvalue weighted by atomic mass is 9.85. The third-order valence-electron chi connectivity index (χ3n) is 15.5. The molecule has 0 aromatic heterocycles. The Morgan fingerprint density at radius 2 is 0.776 bits per heavy atom. The van der Waals surface area contributed by atoms with Gasteiger partial charge >= 0.3 is 23.9 Å². The molecule has 334 valence electrons. The summed E-state index contributed by atoms with van der Waals surface area (Å²) in [7, 11) is 4.17. The zero-order valence-electron chi connectivity index (χ0n) is 39.7. The summed E-state index contributed by atoms with van der Waals surface area (Å²) < 4.78 is 24.0. The van der Waals surface area contributed by atoms with Crippen LogP contribution in [0.5, 0.6) is 0 Å². The molecule has 0 aromatic rings. The molecule has 0 saturated carbocycles. The molecule has 4 heterocycles. The maximum Gasteiger partial charge on any atom is 0.310 e. The van der Waals surface area contributed by atoms with E-state index in [0.717, 1.165) is 25.7 Å². The quantitative estimate of drug-likeness (QED) is 0.138. The molecule has 12 heteroatoms. The number of likely N-dealkylation sites (tertiary alicyclic amines) is 2. The lowest BCUT2D eigenvalue weighted by molar-refractivity contribution is -0.169. The number of carbonyl (C=O) groups is 4. The highest BCUT2D eigenvalue weighted by atomic mass is 16.6. The zero-order valence-corrected chi connectivity index (χ0v) is 39.7. The SMILES string of the molecule is CN1C(C)(C)CC(COC(=O)CC(C(=O)OCC2CC(C)(C)NC2(C)C)C(CC(=O)OCC2CC(C)(C)N(C)C2(C)C)C(=O)OCC2CC(C)(C)NC2(C)C)C1(C)C. The second-order valence-corrected chi connectivity index (χ2v) is 23.4. The number of carbonyl (C=O) groups excluding carboxylic acids is 4. The molecule has 4 fully saturated rings. The molecule has 0 bridgehead atoms. The van der Waals surface area contributed by atoms with E-state index in [1.54, 1.807) is 0 Å². The topological polar surface area (TPSA) is 136 Å². The largest absolute Gasteiger partial charge is 0.465 e. The Morgan fingerprint density at radius 1 is 0.483 bits per heavy atom. The molecular weight excluding hydrogens is 737 g/mol. The van der Waals surface area contributed by atoms with Crippen molar-refractivity contribution in [3.8, 4) is 0 Å². The van der Waals surface area contributed by atoms with Crippen LogP contribution in [0.1, 0.15) is 149 Å². The van der Waals surface area contributed by atoms with E-state index in [-0.39, 0.29) is 94.4 Å². The number of nitrogens with zero attached hydrogens (tertiary/aromatic N) is 2. The van der Waals surface area contributed by atoms with Gasteiger partial charge in [0.1, 0.15) is 0 Å². The third kappa shape index (κ3) is 10.8. The Balaban J connectivity index is 1.61.